The highest BCUT2D eigenvalue weighted by Crippen LogP contribution is 2.13. The lowest BCUT2D eigenvalue weighted by Crippen LogP contribution is -2.31. The molecule has 0 bridgehead atoms. The van der Waals surface area contributed by atoms with Crippen LogP contribution in [0.1, 0.15) is 37.4 Å². The highest BCUT2D eigenvalue weighted by Gasteiger charge is 2.13. The predicted molar refractivity (Wildman–Crippen MR) is 74.9 cm³/mol. The topological polar surface area (TPSA) is 58.6 Å². The second-order valence-corrected chi connectivity index (χ2v) is 4.70. The van der Waals surface area contributed by atoms with E-state index in [2.05, 4.69) is 29.6 Å². The van der Waals surface area contributed by atoms with Crippen LogP contribution in [0.2, 0.25) is 0 Å². The number of esters is 1. The van der Waals surface area contributed by atoms with Gasteiger partial charge in [-0.1, -0.05) is 29.8 Å². The largest absolute Gasteiger partial charge is 0.466 e. The Bertz CT molecular complexity index is 389. The van der Waals surface area contributed by atoms with Crippen LogP contribution in [0.15, 0.2) is 24.3 Å². The minimum absolute atomic E-state index is 0.0292. The van der Waals surface area contributed by atoms with E-state index in [-0.39, 0.29) is 18.4 Å². The van der Waals surface area contributed by atoms with Gasteiger partial charge >= 0.3 is 5.97 Å². The van der Waals surface area contributed by atoms with E-state index in [1.54, 1.807) is 6.92 Å². The molecule has 0 radical (unpaired) electrons. The molecule has 0 aliphatic heterocycles. The average molecular weight is 265 g/mol. The molecule has 0 aromatic heterocycles. The molecule has 4 heteroatoms. The van der Waals surface area contributed by atoms with Crippen molar-refractivity contribution in [1.82, 2.24) is 5.32 Å². The summed E-state index contributed by atoms with van der Waals surface area (Å²) in [7, 11) is 0. The average Bonchev–Trinajstić information content (AvgIpc) is 2.37. The first-order valence-corrected chi connectivity index (χ1v) is 6.66. The molecule has 0 aliphatic carbocycles. The first-order chi connectivity index (χ1) is 9.02. The van der Waals surface area contributed by atoms with Crippen LogP contribution in [-0.4, -0.2) is 30.3 Å². The number of ether oxygens (including phenoxy) is 1. The molecule has 1 rings (SSSR count). The van der Waals surface area contributed by atoms with Crippen molar-refractivity contribution in [2.75, 3.05) is 13.2 Å². The predicted octanol–water partition coefficient (Wildman–Crippen LogP) is 1.96. The lowest BCUT2D eigenvalue weighted by atomic mass is 10.1. The molecule has 2 N–H and O–H groups in total. The van der Waals surface area contributed by atoms with Crippen molar-refractivity contribution in [3.8, 4) is 0 Å². The number of carbonyl (C=O) groups is 1. The van der Waals surface area contributed by atoms with Crippen LogP contribution in [0.4, 0.5) is 0 Å². The molecule has 1 unspecified atom stereocenters. The number of hydrogen-bond acceptors (Lipinski definition) is 4. The molecule has 1 aromatic carbocycles. The second-order valence-electron chi connectivity index (χ2n) is 4.70. The van der Waals surface area contributed by atoms with Crippen LogP contribution >= 0.6 is 0 Å². The number of aliphatic hydroxyl groups is 1. The summed E-state index contributed by atoms with van der Waals surface area (Å²) in [6.07, 6.45) is -0.687. The molecule has 0 saturated heterocycles. The maximum Gasteiger partial charge on any atom is 0.308 e. The lowest BCUT2D eigenvalue weighted by Gasteiger charge is -2.17. The van der Waals surface area contributed by atoms with Crippen LogP contribution in [0.3, 0.4) is 0 Å². The first-order valence-electron chi connectivity index (χ1n) is 6.66. The molecule has 0 saturated carbocycles. The van der Waals surface area contributed by atoms with E-state index >= 15 is 0 Å². The molecule has 1 aromatic rings. The number of aliphatic hydroxyl groups excluding tert-OH is 1. The third-order valence-electron chi connectivity index (χ3n) is 2.94. The Morgan fingerprint density at radius 3 is 2.58 bits per heavy atom. The van der Waals surface area contributed by atoms with Crippen molar-refractivity contribution >= 4 is 5.97 Å². The van der Waals surface area contributed by atoms with Gasteiger partial charge in [-0.2, -0.15) is 0 Å². The Hall–Kier alpha value is -1.39. The SMILES string of the molecule is CCOC(=O)CC(O)CN[C@@H](C)c1ccc(C)cc1. The van der Waals surface area contributed by atoms with E-state index in [1.165, 1.54) is 5.56 Å². The van der Waals surface area contributed by atoms with Crippen LogP contribution in [0.25, 0.3) is 0 Å². The Morgan fingerprint density at radius 1 is 1.37 bits per heavy atom. The van der Waals surface area contributed by atoms with Crippen molar-refractivity contribution in [3.05, 3.63) is 35.4 Å². The summed E-state index contributed by atoms with van der Waals surface area (Å²) in [5, 5.41) is 12.9. The summed E-state index contributed by atoms with van der Waals surface area (Å²) in [6, 6.07) is 8.37. The third-order valence-corrected chi connectivity index (χ3v) is 2.94. The van der Waals surface area contributed by atoms with Gasteiger partial charge in [-0.15, -0.1) is 0 Å². The monoisotopic (exact) mass is 265 g/mol. The van der Waals surface area contributed by atoms with Crippen LogP contribution in [-0.2, 0) is 9.53 Å². The zero-order valence-electron chi connectivity index (χ0n) is 11.8. The zero-order valence-corrected chi connectivity index (χ0v) is 11.8. The fourth-order valence-corrected chi connectivity index (χ4v) is 1.77. The van der Waals surface area contributed by atoms with Gasteiger partial charge in [0.2, 0.25) is 0 Å². The van der Waals surface area contributed by atoms with Crippen LogP contribution < -0.4 is 5.32 Å². The number of nitrogens with one attached hydrogen (secondary N) is 1. The Kier molecular flexibility index (Phi) is 6.53. The number of hydrogen-bond donors (Lipinski definition) is 2. The molecular weight excluding hydrogens is 242 g/mol. The van der Waals surface area contributed by atoms with E-state index < -0.39 is 6.10 Å². The van der Waals surface area contributed by atoms with Crippen LogP contribution in [0, 0.1) is 6.92 Å². The molecule has 19 heavy (non-hydrogen) atoms. The number of carbonyl (C=O) groups excluding carboxylic acids is 1. The third kappa shape index (κ3) is 5.85. The molecule has 4 nitrogen and oxygen atoms in total. The highest BCUT2D eigenvalue weighted by molar-refractivity contribution is 5.69. The van der Waals surface area contributed by atoms with Gasteiger partial charge in [0.25, 0.3) is 0 Å². The van der Waals surface area contributed by atoms with Gasteiger partial charge in [0.1, 0.15) is 0 Å². The van der Waals surface area contributed by atoms with E-state index in [1.807, 2.05) is 13.8 Å². The van der Waals surface area contributed by atoms with Gasteiger partial charge in [-0.05, 0) is 26.3 Å². The maximum atomic E-state index is 11.2. The minimum atomic E-state index is -0.716. The Labute approximate surface area is 114 Å². The summed E-state index contributed by atoms with van der Waals surface area (Å²) >= 11 is 0. The Balaban J connectivity index is 2.35. The van der Waals surface area contributed by atoms with Crippen molar-refractivity contribution < 1.29 is 14.6 Å². The molecule has 0 aliphatic rings. The van der Waals surface area contributed by atoms with E-state index in [9.17, 15) is 9.90 Å². The molecule has 2 atom stereocenters. The zero-order chi connectivity index (χ0) is 14.3. The normalized spacial score (nSPS) is 13.9. The van der Waals surface area contributed by atoms with Crippen molar-refractivity contribution in [1.29, 1.82) is 0 Å². The minimum Gasteiger partial charge on any atom is -0.466 e. The first kappa shape index (κ1) is 15.7. The van der Waals surface area contributed by atoms with E-state index in [0.29, 0.717) is 13.2 Å². The van der Waals surface area contributed by atoms with Gasteiger partial charge in [0.15, 0.2) is 0 Å². The fraction of sp³-hybridized carbons (Fsp3) is 0.533. The van der Waals surface area contributed by atoms with Gasteiger partial charge in [-0.3, -0.25) is 4.79 Å². The Morgan fingerprint density at radius 2 is 2.00 bits per heavy atom. The standard InChI is InChI=1S/C15H23NO3/c1-4-19-15(18)9-14(17)10-16-12(3)13-7-5-11(2)6-8-13/h5-8,12,14,16-17H,4,9-10H2,1-3H3/t12-,14?/m0/s1. The molecule has 0 fully saturated rings. The van der Waals surface area contributed by atoms with Gasteiger partial charge < -0.3 is 15.2 Å². The second kappa shape index (κ2) is 7.92. The number of benzene rings is 1. The molecule has 106 valence electrons. The summed E-state index contributed by atoms with van der Waals surface area (Å²) in [4.78, 5) is 11.2. The summed E-state index contributed by atoms with van der Waals surface area (Å²) in [6.45, 7) is 6.54. The fourth-order valence-electron chi connectivity index (χ4n) is 1.77. The summed E-state index contributed by atoms with van der Waals surface area (Å²) in [5.74, 6) is -0.361. The highest BCUT2D eigenvalue weighted by atomic mass is 16.5. The van der Waals surface area contributed by atoms with Gasteiger partial charge in [-0.25, -0.2) is 0 Å². The van der Waals surface area contributed by atoms with Gasteiger partial charge in [0.05, 0.1) is 19.1 Å². The van der Waals surface area contributed by atoms with Gasteiger partial charge in [0, 0.05) is 12.6 Å². The molecule has 0 amide bonds. The molecular formula is C15H23NO3. The summed E-state index contributed by atoms with van der Waals surface area (Å²) in [5.41, 5.74) is 2.38. The number of rotatable bonds is 7. The van der Waals surface area contributed by atoms with Crippen LogP contribution in [0.5, 0.6) is 0 Å². The van der Waals surface area contributed by atoms with Crippen molar-refractivity contribution in [2.24, 2.45) is 0 Å². The quantitative estimate of drug-likeness (QED) is 0.740. The van der Waals surface area contributed by atoms with Crippen molar-refractivity contribution in [3.63, 3.8) is 0 Å². The molecule has 0 spiro atoms. The maximum absolute atomic E-state index is 11.2. The smallest absolute Gasteiger partial charge is 0.308 e. The lowest BCUT2D eigenvalue weighted by molar-refractivity contribution is -0.145. The van der Waals surface area contributed by atoms with E-state index in [0.717, 1.165) is 5.56 Å². The van der Waals surface area contributed by atoms with Crippen molar-refractivity contribution in [2.45, 2.75) is 39.3 Å². The summed E-state index contributed by atoms with van der Waals surface area (Å²) < 4.78 is 4.79. The van der Waals surface area contributed by atoms with E-state index in [4.69, 9.17) is 4.74 Å². The molecule has 0 heterocycles. The number of aryl methyl sites for hydroxylation is 1.